The third kappa shape index (κ3) is 5.17. The summed E-state index contributed by atoms with van der Waals surface area (Å²) in [5, 5.41) is 0.500. The fourth-order valence-corrected chi connectivity index (χ4v) is 3.25. The smallest absolute Gasteiger partial charge is 0.309 e. The third-order valence-corrected chi connectivity index (χ3v) is 5.04. The highest BCUT2D eigenvalue weighted by Crippen LogP contribution is 2.22. The zero-order valence-corrected chi connectivity index (χ0v) is 16.1. The van der Waals surface area contributed by atoms with Gasteiger partial charge in [-0.25, -0.2) is 8.78 Å². The molecule has 0 saturated carbocycles. The van der Waals surface area contributed by atoms with Crippen molar-refractivity contribution in [1.82, 2.24) is 4.90 Å². The first-order valence-corrected chi connectivity index (χ1v) is 9.42. The molecule has 1 amide bonds. The molecule has 0 radical (unpaired) electrons. The van der Waals surface area contributed by atoms with Gasteiger partial charge in [-0.2, -0.15) is 0 Å². The summed E-state index contributed by atoms with van der Waals surface area (Å²) < 4.78 is 31.9. The van der Waals surface area contributed by atoms with Crippen molar-refractivity contribution in [2.45, 2.75) is 12.8 Å². The van der Waals surface area contributed by atoms with Crippen LogP contribution >= 0.6 is 11.6 Å². The number of hydrogen-bond donors (Lipinski definition) is 0. The molecule has 0 atom stereocenters. The minimum Gasteiger partial charge on any atom is -0.457 e. The second-order valence-corrected chi connectivity index (χ2v) is 7.16. The first-order chi connectivity index (χ1) is 13.8. The summed E-state index contributed by atoms with van der Waals surface area (Å²) >= 11 is 5.77. The van der Waals surface area contributed by atoms with E-state index in [4.69, 9.17) is 16.3 Å². The highest BCUT2D eigenvalue weighted by atomic mass is 35.5. The Hall–Kier alpha value is -2.80. The second kappa shape index (κ2) is 9.13. The lowest BCUT2D eigenvalue weighted by Gasteiger charge is -2.31. The van der Waals surface area contributed by atoms with Crippen LogP contribution in [0.3, 0.4) is 0 Å². The van der Waals surface area contributed by atoms with Gasteiger partial charge in [0.2, 0.25) is 0 Å². The standard InChI is InChI=1S/C21H18ClF2NO4/c22-15-3-1-13(2-4-15)19(26)12-29-21(28)14-7-9-25(10-8-14)20(27)17-6-5-16(23)11-18(17)24/h1-6,11,14H,7-10,12H2. The van der Waals surface area contributed by atoms with Gasteiger partial charge in [0, 0.05) is 29.7 Å². The average molecular weight is 422 g/mol. The molecule has 1 heterocycles. The number of esters is 1. The predicted molar refractivity (Wildman–Crippen MR) is 102 cm³/mol. The van der Waals surface area contributed by atoms with Crippen molar-refractivity contribution in [3.8, 4) is 0 Å². The van der Waals surface area contributed by atoms with Gasteiger partial charge in [-0.1, -0.05) is 11.6 Å². The topological polar surface area (TPSA) is 63.7 Å². The van der Waals surface area contributed by atoms with E-state index in [0.717, 1.165) is 12.1 Å². The summed E-state index contributed by atoms with van der Waals surface area (Å²) in [6, 6.07) is 9.05. The molecule has 8 heteroatoms. The number of piperidine rings is 1. The molecule has 1 aliphatic rings. The summed E-state index contributed by atoms with van der Waals surface area (Å²) in [6.07, 6.45) is 0.672. The highest BCUT2D eigenvalue weighted by Gasteiger charge is 2.30. The SMILES string of the molecule is O=C(COC(=O)C1CCN(C(=O)c2ccc(F)cc2F)CC1)c1ccc(Cl)cc1. The van der Waals surface area contributed by atoms with Crippen LogP contribution in [0.15, 0.2) is 42.5 Å². The molecule has 1 saturated heterocycles. The molecule has 0 aromatic heterocycles. The van der Waals surface area contributed by atoms with Crippen molar-refractivity contribution < 1.29 is 27.9 Å². The lowest BCUT2D eigenvalue weighted by molar-refractivity contribution is -0.148. The Morgan fingerprint density at radius 3 is 2.31 bits per heavy atom. The number of benzene rings is 2. The van der Waals surface area contributed by atoms with E-state index in [-0.39, 0.29) is 31.0 Å². The van der Waals surface area contributed by atoms with Gasteiger partial charge < -0.3 is 9.64 Å². The van der Waals surface area contributed by atoms with Crippen molar-refractivity contribution in [3.63, 3.8) is 0 Å². The van der Waals surface area contributed by atoms with Crippen LogP contribution in [0.1, 0.15) is 33.6 Å². The summed E-state index contributed by atoms with van der Waals surface area (Å²) in [6.45, 7) is 0.0987. The van der Waals surface area contributed by atoms with E-state index >= 15 is 0 Å². The van der Waals surface area contributed by atoms with E-state index in [1.807, 2.05) is 0 Å². The number of rotatable bonds is 5. The maximum absolute atomic E-state index is 13.8. The van der Waals surface area contributed by atoms with Gasteiger partial charge in [0.15, 0.2) is 12.4 Å². The van der Waals surface area contributed by atoms with Gasteiger partial charge in [-0.3, -0.25) is 14.4 Å². The first-order valence-electron chi connectivity index (χ1n) is 9.05. The van der Waals surface area contributed by atoms with E-state index in [9.17, 15) is 23.2 Å². The average Bonchev–Trinajstić information content (AvgIpc) is 2.72. The molecule has 3 rings (SSSR count). The second-order valence-electron chi connectivity index (χ2n) is 6.73. The Morgan fingerprint density at radius 2 is 1.69 bits per heavy atom. The van der Waals surface area contributed by atoms with Gasteiger partial charge in [0.25, 0.3) is 5.91 Å². The summed E-state index contributed by atoms with van der Waals surface area (Å²) in [5.41, 5.74) is 0.185. The van der Waals surface area contributed by atoms with Crippen LogP contribution in [-0.4, -0.2) is 42.3 Å². The van der Waals surface area contributed by atoms with Gasteiger partial charge >= 0.3 is 5.97 Å². The van der Waals surface area contributed by atoms with Crippen molar-refractivity contribution in [2.75, 3.05) is 19.7 Å². The number of carbonyl (C=O) groups is 3. The number of ketones is 1. The number of likely N-dealkylation sites (tertiary alicyclic amines) is 1. The predicted octanol–water partition coefficient (Wildman–Crippen LogP) is 3.90. The van der Waals surface area contributed by atoms with Crippen molar-refractivity contribution in [2.24, 2.45) is 5.92 Å². The lowest BCUT2D eigenvalue weighted by atomic mass is 9.96. The molecular formula is C21H18ClF2NO4. The lowest BCUT2D eigenvalue weighted by Crippen LogP contribution is -2.41. The Labute approximate surface area is 171 Å². The minimum absolute atomic E-state index is 0.207. The van der Waals surface area contributed by atoms with Crippen LogP contribution in [0.2, 0.25) is 5.02 Å². The molecule has 0 bridgehead atoms. The van der Waals surface area contributed by atoms with E-state index in [1.54, 1.807) is 24.3 Å². The summed E-state index contributed by atoms with van der Waals surface area (Å²) in [4.78, 5) is 38.1. The van der Waals surface area contributed by atoms with Gasteiger partial charge in [-0.05, 0) is 49.2 Å². The molecule has 29 heavy (non-hydrogen) atoms. The molecule has 152 valence electrons. The zero-order valence-electron chi connectivity index (χ0n) is 15.4. The van der Waals surface area contributed by atoms with E-state index in [0.29, 0.717) is 29.5 Å². The molecule has 0 N–H and O–H groups in total. The first kappa shape index (κ1) is 20.9. The molecule has 2 aromatic rings. The van der Waals surface area contributed by atoms with Crippen LogP contribution < -0.4 is 0 Å². The number of carbonyl (C=O) groups excluding carboxylic acids is 3. The molecular weight excluding hydrogens is 404 g/mol. The van der Waals surface area contributed by atoms with Crippen LogP contribution in [-0.2, 0) is 9.53 Å². The Morgan fingerprint density at radius 1 is 1.03 bits per heavy atom. The van der Waals surface area contributed by atoms with Crippen molar-refractivity contribution in [3.05, 3.63) is 70.2 Å². The number of halogens is 3. The van der Waals surface area contributed by atoms with Crippen molar-refractivity contribution in [1.29, 1.82) is 0 Å². The number of amides is 1. The van der Waals surface area contributed by atoms with Crippen LogP contribution in [0.5, 0.6) is 0 Å². The molecule has 0 spiro atoms. The van der Waals surface area contributed by atoms with Crippen LogP contribution in [0, 0.1) is 17.6 Å². The van der Waals surface area contributed by atoms with Crippen LogP contribution in [0.4, 0.5) is 8.78 Å². The molecule has 0 aliphatic carbocycles. The van der Waals surface area contributed by atoms with Gasteiger partial charge in [-0.15, -0.1) is 0 Å². The molecule has 1 aliphatic heterocycles. The van der Waals surface area contributed by atoms with E-state index < -0.39 is 29.4 Å². The fraction of sp³-hybridized carbons (Fsp3) is 0.286. The van der Waals surface area contributed by atoms with Crippen molar-refractivity contribution >= 4 is 29.3 Å². The normalized spacial score (nSPS) is 14.5. The minimum atomic E-state index is -0.919. The quantitative estimate of drug-likeness (QED) is 0.542. The summed E-state index contributed by atoms with van der Waals surface area (Å²) in [7, 11) is 0. The van der Waals surface area contributed by atoms with E-state index in [2.05, 4.69) is 0 Å². The molecule has 0 unspecified atom stereocenters. The number of nitrogens with zero attached hydrogens (tertiary/aromatic N) is 1. The van der Waals surface area contributed by atoms with E-state index in [1.165, 1.54) is 4.90 Å². The molecule has 5 nitrogen and oxygen atoms in total. The highest BCUT2D eigenvalue weighted by molar-refractivity contribution is 6.30. The number of hydrogen-bond acceptors (Lipinski definition) is 4. The van der Waals surface area contributed by atoms with Crippen LogP contribution in [0.25, 0.3) is 0 Å². The fourth-order valence-electron chi connectivity index (χ4n) is 3.13. The third-order valence-electron chi connectivity index (χ3n) is 4.79. The van der Waals surface area contributed by atoms with Gasteiger partial charge in [0.05, 0.1) is 11.5 Å². The zero-order chi connectivity index (χ0) is 21.0. The monoisotopic (exact) mass is 421 g/mol. The Balaban J connectivity index is 1.49. The summed E-state index contributed by atoms with van der Waals surface area (Å²) in [5.74, 6) is -3.52. The van der Waals surface area contributed by atoms with Gasteiger partial charge in [0.1, 0.15) is 11.6 Å². The molecule has 1 fully saturated rings. The maximum atomic E-state index is 13.8. The Kier molecular flexibility index (Phi) is 6.59. The Bertz CT molecular complexity index is 925. The number of ether oxygens (including phenoxy) is 1. The largest absolute Gasteiger partial charge is 0.457 e. The number of Topliss-reactive ketones (excluding diaryl/α,β-unsaturated/α-hetero) is 1. The maximum Gasteiger partial charge on any atom is 0.309 e. The molecule has 2 aromatic carbocycles.